The normalized spacial score (nSPS) is 10.6. The van der Waals surface area contributed by atoms with E-state index in [0.29, 0.717) is 12.4 Å². The second-order valence-electron chi connectivity index (χ2n) is 5.10. The lowest BCUT2D eigenvalue weighted by Crippen LogP contribution is -2.05. The lowest BCUT2D eigenvalue weighted by molar-refractivity contribution is 0.412. The van der Waals surface area contributed by atoms with Crippen molar-refractivity contribution < 1.29 is 4.74 Å². The van der Waals surface area contributed by atoms with Crippen LogP contribution in [0.25, 0.3) is 11.3 Å². The molecule has 1 aromatic heterocycles. The first-order chi connectivity index (χ1) is 10.1. The maximum Gasteiger partial charge on any atom is 0.132 e. The summed E-state index contributed by atoms with van der Waals surface area (Å²) in [4.78, 5) is 4.73. The Hall–Kier alpha value is -2.23. The number of nitrogens with two attached hydrogens (primary N) is 1. The molecular formula is C17H23N3O. The average molecular weight is 285 g/mol. The molecule has 0 saturated carbocycles. The molecular weight excluding hydrogens is 262 g/mol. The third-order valence-electron chi connectivity index (χ3n) is 3.54. The van der Waals surface area contributed by atoms with Gasteiger partial charge in [0.15, 0.2) is 0 Å². The second-order valence-corrected chi connectivity index (χ2v) is 5.10. The number of allylic oxidation sites excluding steroid dienone is 1. The van der Waals surface area contributed by atoms with Crippen LogP contribution in [-0.4, -0.2) is 16.7 Å². The smallest absolute Gasteiger partial charge is 0.132 e. The summed E-state index contributed by atoms with van der Waals surface area (Å²) in [5.41, 5.74) is 9.23. The van der Waals surface area contributed by atoms with Gasteiger partial charge in [-0.05, 0) is 37.1 Å². The molecule has 0 spiro atoms. The highest BCUT2D eigenvalue weighted by Gasteiger charge is 2.15. The van der Waals surface area contributed by atoms with E-state index in [-0.39, 0.29) is 0 Å². The summed E-state index contributed by atoms with van der Waals surface area (Å²) >= 11 is 0. The number of imidazole rings is 1. The molecule has 1 aromatic carbocycles. The van der Waals surface area contributed by atoms with Crippen molar-refractivity contribution in [2.45, 2.75) is 33.2 Å². The third kappa shape index (κ3) is 2.94. The average Bonchev–Trinajstić information content (AvgIpc) is 2.77. The summed E-state index contributed by atoms with van der Waals surface area (Å²) in [5, 5.41) is 0. The van der Waals surface area contributed by atoms with Gasteiger partial charge in [-0.25, -0.2) is 4.98 Å². The van der Waals surface area contributed by atoms with E-state index in [2.05, 4.69) is 19.6 Å². The largest absolute Gasteiger partial charge is 0.496 e. The van der Waals surface area contributed by atoms with Crippen molar-refractivity contribution in [3.63, 3.8) is 0 Å². The number of benzene rings is 1. The van der Waals surface area contributed by atoms with Gasteiger partial charge in [-0.15, -0.1) is 6.58 Å². The minimum absolute atomic E-state index is 0.684. The molecule has 4 heteroatoms. The number of aromatic nitrogens is 2. The Balaban J connectivity index is 2.50. The van der Waals surface area contributed by atoms with Crippen LogP contribution in [0.3, 0.4) is 0 Å². The van der Waals surface area contributed by atoms with Gasteiger partial charge in [0.25, 0.3) is 0 Å². The molecule has 112 valence electrons. The van der Waals surface area contributed by atoms with E-state index in [0.717, 1.165) is 41.2 Å². The topological polar surface area (TPSA) is 53.1 Å². The van der Waals surface area contributed by atoms with Crippen LogP contribution in [0.4, 0.5) is 5.82 Å². The summed E-state index contributed by atoms with van der Waals surface area (Å²) in [7, 11) is 1.68. The Bertz CT molecular complexity index is 644. The zero-order valence-corrected chi connectivity index (χ0v) is 13.0. The van der Waals surface area contributed by atoms with E-state index < -0.39 is 0 Å². The molecule has 2 aromatic rings. The molecule has 0 radical (unpaired) electrons. The first kappa shape index (κ1) is 15.2. The fraction of sp³-hybridized carbons (Fsp3) is 0.353. The van der Waals surface area contributed by atoms with Gasteiger partial charge in [0, 0.05) is 18.5 Å². The van der Waals surface area contributed by atoms with Crippen molar-refractivity contribution in [1.82, 2.24) is 9.55 Å². The molecule has 0 aliphatic heterocycles. The molecule has 0 aliphatic rings. The van der Waals surface area contributed by atoms with Crippen molar-refractivity contribution in [3.8, 4) is 17.0 Å². The van der Waals surface area contributed by atoms with E-state index in [1.54, 1.807) is 7.11 Å². The fourth-order valence-corrected chi connectivity index (χ4v) is 2.50. The fourth-order valence-electron chi connectivity index (χ4n) is 2.50. The van der Waals surface area contributed by atoms with Crippen molar-refractivity contribution >= 4 is 5.82 Å². The van der Waals surface area contributed by atoms with Gasteiger partial charge in [0.05, 0.1) is 7.11 Å². The van der Waals surface area contributed by atoms with Crippen molar-refractivity contribution in [2.24, 2.45) is 0 Å². The predicted octanol–water partition coefficient (Wildman–Crippen LogP) is 3.59. The zero-order valence-electron chi connectivity index (χ0n) is 13.0. The molecule has 0 atom stereocenters. The molecule has 2 rings (SSSR count). The van der Waals surface area contributed by atoms with Gasteiger partial charge >= 0.3 is 0 Å². The number of hydrogen-bond donors (Lipinski definition) is 1. The number of rotatable bonds is 6. The number of nitrogens with zero attached hydrogens (tertiary/aromatic N) is 2. The summed E-state index contributed by atoms with van der Waals surface area (Å²) in [5.74, 6) is 2.58. The van der Waals surface area contributed by atoms with Crippen LogP contribution in [0, 0.1) is 6.92 Å². The Morgan fingerprint density at radius 2 is 2.19 bits per heavy atom. The molecule has 21 heavy (non-hydrogen) atoms. The Kier molecular flexibility index (Phi) is 4.68. The molecule has 0 saturated heterocycles. The van der Waals surface area contributed by atoms with E-state index in [1.807, 2.05) is 29.7 Å². The van der Waals surface area contributed by atoms with Crippen LogP contribution >= 0.6 is 0 Å². The number of hydrogen-bond acceptors (Lipinski definition) is 3. The zero-order chi connectivity index (χ0) is 15.4. The minimum atomic E-state index is 0.684. The second kappa shape index (κ2) is 6.48. The number of methoxy groups -OCH3 is 1. The predicted molar refractivity (Wildman–Crippen MR) is 87.6 cm³/mol. The van der Waals surface area contributed by atoms with E-state index in [4.69, 9.17) is 15.5 Å². The first-order valence-electron chi connectivity index (χ1n) is 7.23. The highest BCUT2D eigenvalue weighted by Crippen LogP contribution is 2.30. The molecule has 2 N–H and O–H groups in total. The summed E-state index contributed by atoms with van der Waals surface area (Å²) in [6.45, 7) is 8.64. The van der Waals surface area contributed by atoms with Crippen LogP contribution in [0.1, 0.15) is 24.7 Å². The minimum Gasteiger partial charge on any atom is -0.496 e. The molecule has 0 bridgehead atoms. The molecule has 0 unspecified atom stereocenters. The van der Waals surface area contributed by atoms with Gasteiger partial charge in [-0.1, -0.05) is 13.0 Å². The lowest BCUT2D eigenvalue weighted by Gasteiger charge is -2.07. The van der Waals surface area contributed by atoms with Crippen LogP contribution in [0.2, 0.25) is 0 Å². The number of aryl methyl sites for hydroxylation is 2. The number of anilines is 1. The Morgan fingerprint density at radius 1 is 1.43 bits per heavy atom. The third-order valence-corrected chi connectivity index (χ3v) is 3.54. The maximum absolute atomic E-state index is 6.29. The molecule has 0 amide bonds. The standard InChI is InChI=1S/C17H23N3O/c1-5-7-15-19-16(17(18)20(15)10-6-2)13-8-9-14(21-4)12(3)11-13/h6,8-9,11H,2,5,7,10,18H2,1,3-4H3. The van der Waals surface area contributed by atoms with Gasteiger partial charge < -0.3 is 15.0 Å². The quantitative estimate of drug-likeness (QED) is 0.825. The van der Waals surface area contributed by atoms with Gasteiger partial charge in [-0.2, -0.15) is 0 Å². The van der Waals surface area contributed by atoms with Crippen LogP contribution in [-0.2, 0) is 13.0 Å². The number of ether oxygens (including phenoxy) is 1. The lowest BCUT2D eigenvalue weighted by atomic mass is 10.1. The SMILES string of the molecule is C=CCn1c(CCC)nc(-c2ccc(OC)c(C)c2)c1N. The summed E-state index contributed by atoms with van der Waals surface area (Å²) in [6.07, 6.45) is 3.79. The van der Waals surface area contributed by atoms with Crippen LogP contribution < -0.4 is 10.5 Å². The van der Waals surface area contributed by atoms with Crippen molar-refractivity contribution in [2.75, 3.05) is 12.8 Å². The molecule has 0 fully saturated rings. The Morgan fingerprint density at radius 3 is 2.76 bits per heavy atom. The van der Waals surface area contributed by atoms with E-state index in [9.17, 15) is 0 Å². The van der Waals surface area contributed by atoms with Gasteiger partial charge in [-0.3, -0.25) is 0 Å². The Labute approximate surface area is 126 Å². The highest BCUT2D eigenvalue weighted by molar-refractivity contribution is 5.72. The van der Waals surface area contributed by atoms with Gasteiger partial charge in [0.1, 0.15) is 23.1 Å². The molecule has 0 aliphatic carbocycles. The number of nitrogen functional groups attached to an aromatic ring is 1. The van der Waals surface area contributed by atoms with E-state index >= 15 is 0 Å². The van der Waals surface area contributed by atoms with Crippen molar-refractivity contribution in [3.05, 3.63) is 42.2 Å². The van der Waals surface area contributed by atoms with E-state index in [1.165, 1.54) is 0 Å². The first-order valence-corrected chi connectivity index (χ1v) is 7.23. The van der Waals surface area contributed by atoms with Crippen LogP contribution in [0.5, 0.6) is 5.75 Å². The highest BCUT2D eigenvalue weighted by atomic mass is 16.5. The maximum atomic E-state index is 6.29. The molecule has 4 nitrogen and oxygen atoms in total. The summed E-state index contributed by atoms with van der Waals surface area (Å²) in [6, 6.07) is 6.01. The van der Waals surface area contributed by atoms with Gasteiger partial charge in [0.2, 0.25) is 0 Å². The molecule has 1 heterocycles. The summed E-state index contributed by atoms with van der Waals surface area (Å²) < 4.78 is 7.34. The monoisotopic (exact) mass is 285 g/mol. The van der Waals surface area contributed by atoms with Crippen LogP contribution in [0.15, 0.2) is 30.9 Å². The van der Waals surface area contributed by atoms with Crippen molar-refractivity contribution in [1.29, 1.82) is 0 Å².